The summed E-state index contributed by atoms with van der Waals surface area (Å²) in [6.45, 7) is 1.81. The second-order valence-corrected chi connectivity index (χ2v) is 5.14. The van der Waals surface area contributed by atoms with Gasteiger partial charge in [0.25, 0.3) is 11.6 Å². The molecule has 0 aliphatic heterocycles. The maximum atomic E-state index is 12.0. The van der Waals surface area contributed by atoms with E-state index in [0.717, 1.165) is 6.07 Å². The van der Waals surface area contributed by atoms with Gasteiger partial charge in [0.2, 0.25) is 0 Å². The Labute approximate surface area is 125 Å². The number of nitro benzene ring substituents is 1. The minimum absolute atomic E-state index is 0.0712. The van der Waals surface area contributed by atoms with Crippen LogP contribution >= 0.6 is 11.8 Å². The van der Waals surface area contributed by atoms with Crippen LogP contribution in [0.1, 0.15) is 30.1 Å². The van der Waals surface area contributed by atoms with Gasteiger partial charge in [-0.25, -0.2) is 4.79 Å². The highest BCUT2D eigenvalue weighted by atomic mass is 32.2. The molecule has 0 unspecified atom stereocenters. The molecule has 0 saturated heterocycles. The lowest BCUT2D eigenvalue weighted by atomic mass is 10.1. The first-order chi connectivity index (χ1) is 9.90. The normalized spacial score (nSPS) is 11.7. The third-order valence-electron chi connectivity index (χ3n) is 2.82. The van der Waals surface area contributed by atoms with Gasteiger partial charge in [0.15, 0.2) is 0 Å². The quantitative estimate of drug-likeness (QED) is 0.454. The number of thioether (sulfide) groups is 1. The molecule has 0 spiro atoms. The van der Waals surface area contributed by atoms with Crippen LogP contribution in [0.3, 0.4) is 0 Å². The molecule has 1 rings (SSSR count). The Morgan fingerprint density at radius 2 is 2.14 bits per heavy atom. The maximum Gasteiger partial charge on any atom is 0.326 e. The molecule has 0 heterocycles. The van der Waals surface area contributed by atoms with Crippen molar-refractivity contribution >= 4 is 29.3 Å². The fourth-order valence-electron chi connectivity index (χ4n) is 1.76. The topological polar surface area (TPSA) is 110 Å². The van der Waals surface area contributed by atoms with Crippen molar-refractivity contribution in [3.8, 4) is 0 Å². The summed E-state index contributed by atoms with van der Waals surface area (Å²) in [6, 6.07) is 3.08. The van der Waals surface area contributed by atoms with Crippen molar-refractivity contribution in [3.63, 3.8) is 0 Å². The highest BCUT2D eigenvalue weighted by Gasteiger charge is 2.22. The lowest BCUT2D eigenvalue weighted by Crippen LogP contribution is -2.40. The summed E-state index contributed by atoms with van der Waals surface area (Å²) < 4.78 is 0. The standard InChI is InChI=1S/C13H16N2O5S/c1-3-4-9(13(17)18)14-12(16)8-5-6-11(21-2)10(7-8)15(19)20/h5-7,9H,3-4H2,1-2H3,(H,14,16)(H,17,18)/t9-/m1/s1. The van der Waals surface area contributed by atoms with Gasteiger partial charge in [-0.2, -0.15) is 0 Å². The number of carbonyl (C=O) groups excluding carboxylic acids is 1. The second-order valence-electron chi connectivity index (χ2n) is 4.30. The number of amides is 1. The van der Waals surface area contributed by atoms with Crippen LogP contribution in [0, 0.1) is 10.1 Å². The average Bonchev–Trinajstić information content (AvgIpc) is 2.45. The third kappa shape index (κ3) is 4.45. The highest BCUT2D eigenvalue weighted by Crippen LogP contribution is 2.28. The van der Waals surface area contributed by atoms with Crippen LogP contribution in [0.15, 0.2) is 23.1 Å². The van der Waals surface area contributed by atoms with E-state index in [2.05, 4.69) is 5.32 Å². The van der Waals surface area contributed by atoms with Crippen LogP contribution in [0.25, 0.3) is 0 Å². The number of nitrogens with one attached hydrogen (secondary N) is 1. The number of rotatable bonds is 7. The molecular formula is C13H16N2O5S. The van der Waals surface area contributed by atoms with Crippen molar-refractivity contribution in [1.29, 1.82) is 0 Å². The van der Waals surface area contributed by atoms with Crippen molar-refractivity contribution in [1.82, 2.24) is 5.32 Å². The van der Waals surface area contributed by atoms with Crippen LogP contribution in [0.5, 0.6) is 0 Å². The second kappa shape index (κ2) is 7.63. The number of hydrogen-bond donors (Lipinski definition) is 2. The number of nitrogens with zero attached hydrogens (tertiary/aromatic N) is 1. The Hall–Kier alpha value is -2.09. The first-order valence-electron chi connectivity index (χ1n) is 6.26. The molecule has 0 aliphatic rings. The van der Waals surface area contributed by atoms with Crippen molar-refractivity contribution < 1.29 is 19.6 Å². The lowest BCUT2D eigenvalue weighted by molar-refractivity contribution is -0.387. The summed E-state index contributed by atoms with van der Waals surface area (Å²) in [5.41, 5.74) is -0.0978. The van der Waals surface area contributed by atoms with E-state index in [1.807, 2.05) is 0 Å². The zero-order valence-corrected chi connectivity index (χ0v) is 12.5. The first kappa shape index (κ1) is 17.0. The monoisotopic (exact) mass is 312 g/mol. The van der Waals surface area contributed by atoms with Crippen LogP contribution < -0.4 is 5.32 Å². The van der Waals surface area contributed by atoms with Crippen molar-refractivity contribution in [3.05, 3.63) is 33.9 Å². The van der Waals surface area contributed by atoms with Crippen molar-refractivity contribution in [2.45, 2.75) is 30.7 Å². The Bertz CT molecular complexity index is 561. The molecule has 2 N–H and O–H groups in total. The number of hydrogen-bond acceptors (Lipinski definition) is 5. The highest BCUT2D eigenvalue weighted by molar-refractivity contribution is 7.98. The Morgan fingerprint density at radius 3 is 2.62 bits per heavy atom. The summed E-state index contributed by atoms with van der Waals surface area (Å²) in [5.74, 6) is -1.76. The number of nitro groups is 1. The first-order valence-corrected chi connectivity index (χ1v) is 7.49. The lowest BCUT2D eigenvalue weighted by Gasteiger charge is -2.13. The molecule has 0 fully saturated rings. The number of carboxylic acid groups (broad SMARTS) is 1. The number of benzene rings is 1. The van der Waals surface area contributed by atoms with Gasteiger partial charge in [-0.15, -0.1) is 11.8 Å². The molecule has 7 nitrogen and oxygen atoms in total. The van der Waals surface area contributed by atoms with Crippen LogP contribution in [0.2, 0.25) is 0 Å². The molecule has 21 heavy (non-hydrogen) atoms. The van der Waals surface area contributed by atoms with Gasteiger partial charge < -0.3 is 10.4 Å². The molecule has 0 aromatic heterocycles. The summed E-state index contributed by atoms with van der Waals surface area (Å²) in [7, 11) is 0. The van der Waals surface area contributed by atoms with E-state index in [1.54, 1.807) is 13.2 Å². The van der Waals surface area contributed by atoms with Gasteiger partial charge in [0.05, 0.1) is 9.82 Å². The fourth-order valence-corrected chi connectivity index (χ4v) is 2.31. The number of aliphatic carboxylic acids is 1. The van der Waals surface area contributed by atoms with E-state index < -0.39 is 22.8 Å². The fraction of sp³-hybridized carbons (Fsp3) is 0.385. The smallest absolute Gasteiger partial charge is 0.326 e. The molecular weight excluding hydrogens is 296 g/mol. The third-order valence-corrected chi connectivity index (χ3v) is 3.60. The molecule has 0 radical (unpaired) electrons. The Morgan fingerprint density at radius 1 is 1.48 bits per heavy atom. The SMILES string of the molecule is CCC[C@@H](NC(=O)c1ccc(SC)c([N+](=O)[O-])c1)C(=O)O. The van der Waals surface area contributed by atoms with Gasteiger partial charge in [-0.05, 0) is 24.8 Å². The number of carboxylic acids is 1. The van der Waals surface area contributed by atoms with Gasteiger partial charge in [-0.1, -0.05) is 13.3 Å². The maximum absolute atomic E-state index is 12.0. The van der Waals surface area contributed by atoms with E-state index in [4.69, 9.17) is 5.11 Å². The average molecular weight is 312 g/mol. The Balaban J connectivity index is 2.99. The molecule has 1 aromatic rings. The van der Waals surface area contributed by atoms with Crippen LogP contribution in [0.4, 0.5) is 5.69 Å². The summed E-state index contributed by atoms with van der Waals surface area (Å²) in [4.78, 5) is 33.8. The van der Waals surface area contributed by atoms with E-state index in [1.165, 1.54) is 23.9 Å². The van der Waals surface area contributed by atoms with Crippen LogP contribution in [-0.4, -0.2) is 34.2 Å². The predicted molar refractivity (Wildman–Crippen MR) is 78.7 cm³/mol. The molecule has 114 valence electrons. The summed E-state index contributed by atoms with van der Waals surface area (Å²) in [6.07, 6.45) is 2.60. The van der Waals surface area contributed by atoms with Gasteiger partial charge in [-0.3, -0.25) is 14.9 Å². The summed E-state index contributed by atoms with van der Waals surface area (Å²) >= 11 is 1.20. The molecule has 1 aromatic carbocycles. The van der Waals surface area contributed by atoms with Crippen molar-refractivity contribution in [2.75, 3.05) is 6.26 Å². The largest absolute Gasteiger partial charge is 0.480 e. The molecule has 0 saturated carbocycles. The van der Waals surface area contributed by atoms with Crippen molar-refractivity contribution in [2.24, 2.45) is 0 Å². The van der Waals surface area contributed by atoms with E-state index >= 15 is 0 Å². The van der Waals surface area contributed by atoms with Gasteiger partial charge in [0, 0.05) is 11.6 Å². The molecule has 0 aliphatic carbocycles. The zero-order valence-electron chi connectivity index (χ0n) is 11.7. The van der Waals surface area contributed by atoms with Gasteiger partial charge >= 0.3 is 5.97 Å². The van der Waals surface area contributed by atoms with E-state index in [9.17, 15) is 19.7 Å². The van der Waals surface area contributed by atoms with Gasteiger partial charge in [0.1, 0.15) is 6.04 Å². The molecule has 0 bridgehead atoms. The zero-order chi connectivity index (χ0) is 16.0. The molecule has 8 heteroatoms. The minimum Gasteiger partial charge on any atom is -0.480 e. The summed E-state index contributed by atoms with van der Waals surface area (Å²) in [5, 5.41) is 22.3. The number of carbonyl (C=O) groups is 2. The van der Waals surface area contributed by atoms with E-state index in [-0.39, 0.29) is 11.3 Å². The Kier molecular flexibility index (Phi) is 6.16. The van der Waals surface area contributed by atoms with Crippen LogP contribution in [-0.2, 0) is 4.79 Å². The molecule has 1 amide bonds. The molecule has 1 atom stereocenters. The van der Waals surface area contributed by atoms with E-state index in [0.29, 0.717) is 17.7 Å². The minimum atomic E-state index is -1.12. The predicted octanol–water partition coefficient (Wildman–Crippen LogP) is 2.30.